The number of aryl methyl sites for hydroxylation is 1. The second kappa shape index (κ2) is 4.74. The molecule has 3 nitrogen and oxygen atoms in total. The van der Waals surface area contributed by atoms with E-state index in [1.54, 1.807) is 0 Å². The van der Waals surface area contributed by atoms with Crippen molar-refractivity contribution in [2.24, 2.45) is 7.05 Å². The van der Waals surface area contributed by atoms with Gasteiger partial charge in [-0.05, 0) is 43.2 Å². The van der Waals surface area contributed by atoms with Crippen molar-refractivity contribution in [3.63, 3.8) is 0 Å². The van der Waals surface area contributed by atoms with Gasteiger partial charge in [-0.3, -0.25) is 4.68 Å². The number of nitrogens with one attached hydrogen (secondary N) is 1. The first-order valence-electron chi connectivity index (χ1n) is 7.65. The maximum absolute atomic E-state index is 4.44. The highest BCUT2D eigenvalue weighted by atomic mass is 15.3. The largest absolute Gasteiger partial charge is 0.306 e. The topological polar surface area (TPSA) is 29.9 Å². The molecule has 0 saturated carbocycles. The van der Waals surface area contributed by atoms with Gasteiger partial charge in [0.15, 0.2) is 0 Å². The van der Waals surface area contributed by atoms with Crippen LogP contribution in [-0.4, -0.2) is 15.8 Å². The Bertz CT molecular complexity index is 604. The first-order valence-corrected chi connectivity index (χ1v) is 7.65. The van der Waals surface area contributed by atoms with Gasteiger partial charge in [0.05, 0.1) is 6.20 Å². The molecule has 0 fully saturated rings. The molecule has 0 aliphatic heterocycles. The fraction of sp³-hybridized carbons (Fsp3) is 0.471. The quantitative estimate of drug-likeness (QED) is 0.906. The minimum Gasteiger partial charge on any atom is -0.306 e. The molecule has 1 aromatic carbocycles. The second-order valence-corrected chi connectivity index (χ2v) is 6.16. The molecule has 4 rings (SSSR count). The molecule has 0 radical (unpaired) electrons. The average Bonchev–Trinajstić information content (AvgIpc) is 3.03. The third-order valence-corrected chi connectivity index (χ3v) is 4.86. The highest BCUT2D eigenvalue weighted by Gasteiger charge is 2.28. The predicted octanol–water partition coefficient (Wildman–Crippen LogP) is 2.55. The zero-order valence-electron chi connectivity index (χ0n) is 12.0. The van der Waals surface area contributed by atoms with Crippen LogP contribution in [0.3, 0.4) is 0 Å². The molecule has 1 N–H and O–H groups in total. The normalized spacial score (nSPS) is 21.8. The van der Waals surface area contributed by atoms with Crippen LogP contribution >= 0.6 is 0 Å². The van der Waals surface area contributed by atoms with Crippen LogP contribution in [0.5, 0.6) is 0 Å². The van der Waals surface area contributed by atoms with E-state index in [4.69, 9.17) is 0 Å². The van der Waals surface area contributed by atoms with Crippen LogP contribution in [0.1, 0.15) is 41.3 Å². The molecule has 1 aromatic heterocycles. The number of fused-ring (bicyclic) bond motifs is 2. The summed E-state index contributed by atoms with van der Waals surface area (Å²) < 4.78 is 2.05. The lowest BCUT2D eigenvalue weighted by atomic mass is 9.92. The summed E-state index contributed by atoms with van der Waals surface area (Å²) >= 11 is 0. The van der Waals surface area contributed by atoms with Crippen molar-refractivity contribution in [2.75, 3.05) is 0 Å². The lowest BCUT2D eigenvalue weighted by Crippen LogP contribution is -2.35. The number of hydrogen-bond acceptors (Lipinski definition) is 2. The van der Waals surface area contributed by atoms with E-state index in [0.29, 0.717) is 12.1 Å². The fourth-order valence-electron chi connectivity index (χ4n) is 3.84. The molecule has 0 saturated heterocycles. The fourth-order valence-corrected chi connectivity index (χ4v) is 3.84. The second-order valence-electron chi connectivity index (χ2n) is 6.16. The Morgan fingerprint density at radius 1 is 1.20 bits per heavy atom. The van der Waals surface area contributed by atoms with Gasteiger partial charge in [-0.25, -0.2) is 0 Å². The van der Waals surface area contributed by atoms with Gasteiger partial charge in [0, 0.05) is 30.4 Å². The number of rotatable bonds is 2. The predicted molar refractivity (Wildman–Crippen MR) is 79.7 cm³/mol. The standard InChI is InChI=1S/C17H21N3/c1-20-17-8-4-7-16(15(17)11-18-20)19-14-9-12-5-2-3-6-13(12)10-14/h2-3,5-6,11,14,16,19H,4,7-10H2,1H3. The summed E-state index contributed by atoms with van der Waals surface area (Å²) in [6, 6.07) is 9.93. The maximum atomic E-state index is 4.44. The van der Waals surface area contributed by atoms with Crippen LogP contribution in [0.25, 0.3) is 0 Å². The Labute approximate surface area is 120 Å². The SMILES string of the molecule is Cn1ncc2c1CCCC2NC1Cc2ccccc2C1. The monoisotopic (exact) mass is 267 g/mol. The molecular weight excluding hydrogens is 246 g/mol. The maximum Gasteiger partial charge on any atom is 0.0540 e. The van der Waals surface area contributed by atoms with Crippen molar-refractivity contribution in [1.29, 1.82) is 0 Å². The van der Waals surface area contributed by atoms with Crippen molar-refractivity contribution in [3.8, 4) is 0 Å². The van der Waals surface area contributed by atoms with Crippen LogP contribution in [0, 0.1) is 0 Å². The van der Waals surface area contributed by atoms with Gasteiger partial charge in [-0.15, -0.1) is 0 Å². The lowest BCUT2D eigenvalue weighted by molar-refractivity contribution is 0.397. The van der Waals surface area contributed by atoms with Crippen LogP contribution in [0.4, 0.5) is 0 Å². The summed E-state index contributed by atoms with van der Waals surface area (Å²) in [5.41, 5.74) is 5.89. The summed E-state index contributed by atoms with van der Waals surface area (Å²) in [4.78, 5) is 0. The van der Waals surface area contributed by atoms with E-state index in [9.17, 15) is 0 Å². The molecule has 2 aliphatic rings. The molecular formula is C17H21N3. The van der Waals surface area contributed by atoms with E-state index < -0.39 is 0 Å². The number of hydrogen-bond donors (Lipinski definition) is 1. The van der Waals surface area contributed by atoms with Crippen molar-refractivity contribution in [2.45, 2.75) is 44.2 Å². The van der Waals surface area contributed by atoms with Gasteiger partial charge >= 0.3 is 0 Å². The molecule has 2 aliphatic carbocycles. The summed E-state index contributed by atoms with van der Waals surface area (Å²) in [6.45, 7) is 0. The molecule has 1 heterocycles. The Hall–Kier alpha value is -1.61. The van der Waals surface area contributed by atoms with Gasteiger partial charge in [-0.1, -0.05) is 24.3 Å². The van der Waals surface area contributed by atoms with Gasteiger partial charge in [0.1, 0.15) is 0 Å². The van der Waals surface area contributed by atoms with Gasteiger partial charge in [-0.2, -0.15) is 5.10 Å². The molecule has 1 unspecified atom stereocenters. The first kappa shape index (κ1) is 12.2. The number of aromatic nitrogens is 2. The van der Waals surface area contributed by atoms with E-state index >= 15 is 0 Å². The average molecular weight is 267 g/mol. The third-order valence-electron chi connectivity index (χ3n) is 4.86. The minimum atomic E-state index is 0.492. The lowest BCUT2D eigenvalue weighted by Gasteiger charge is -2.27. The highest BCUT2D eigenvalue weighted by Crippen LogP contribution is 2.31. The minimum absolute atomic E-state index is 0.492. The van der Waals surface area contributed by atoms with Crippen LogP contribution in [-0.2, 0) is 26.3 Å². The first-order chi connectivity index (χ1) is 9.81. The van der Waals surface area contributed by atoms with E-state index in [1.165, 1.54) is 54.5 Å². The summed E-state index contributed by atoms with van der Waals surface area (Å²) in [5, 5.41) is 8.32. The van der Waals surface area contributed by atoms with Crippen molar-refractivity contribution < 1.29 is 0 Å². The summed E-state index contributed by atoms with van der Waals surface area (Å²) in [5.74, 6) is 0. The summed E-state index contributed by atoms with van der Waals surface area (Å²) in [6.07, 6.45) is 8.09. The van der Waals surface area contributed by atoms with Gasteiger partial charge < -0.3 is 5.32 Å². The molecule has 1 atom stereocenters. The third kappa shape index (κ3) is 1.97. The zero-order valence-corrected chi connectivity index (χ0v) is 12.0. The van der Waals surface area contributed by atoms with Crippen molar-refractivity contribution in [3.05, 3.63) is 52.8 Å². The molecule has 20 heavy (non-hydrogen) atoms. The van der Waals surface area contributed by atoms with Gasteiger partial charge in [0.2, 0.25) is 0 Å². The van der Waals surface area contributed by atoms with Crippen LogP contribution < -0.4 is 5.32 Å². The Morgan fingerprint density at radius 3 is 2.70 bits per heavy atom. The molecule has 0 spiro atoms. The van der Waals surface area contributed by atoms with Crippen LogP contribution in [0.2, 0.25) is 0 Å². The van der Waals surface area contributed by atoms with E-state index in [2.05, 4.69) is 47.9 Å². The zero-order chi connectivity index (χ0) is 13.5. The van der Waals surface area contributed by atoms with Crippen molar-refractivity contribution >= 4 is 0 Å². The molecule has 104 valence electrons. The van der Waals surface area contributed by atoms with E-state index in [1.807, 2.05) is 4.68 Å². The molecule has 2 aromatic rings. The summed E-state index contributed by atoms with van der Waals surface area (Å²) in [7, 11) is 2.06. The van der Waals surface area contributed by atoms with Crippen molar-refractivity contribution in [1.82, 2.24) is 15.1 Å². The smallest absolute Gasteiger partial charge is 0.0540 e. The number of nitrogens with zero attached hydrogens (tertiary/aromatic N) is 2. The van der Waals surface area contributed by atoms with E-state index in [0.717, 1.165) is 0 Å². The number of benzene rings is 1. The Balaban J connectivity index is 1.52. The molecule has 0 bridgehead atoms. The highest BCUT2D eigenvalue weighted by molar-refractivity contribution is 5.34. The van der Waals surface area contributed by atoms with Gasteiger partial charge in [0.25, 0.3) is 0 Å². The molecule has 3 heteroatoms. The Kier molecular flexibility index (Phi) is 2.88. The van der Waals surface area contributed by atoms with E-state index in [-0.39, 0.29) is 0 Å². The Morgan fingerprint density at radius 2 is 1.95 bits per heavy atom. The van der Waals surface area contributed by atoms with Crippen LogP contribution in [0.15, 0.2) is 30.5 Å². The molecule has 0 amide bonds.